The van der Waals surface area contributed by atoms with E-state index in [2.05, 4.69) is 12.2 Å². The molecular weight excluding hydrogens is 249 g/mol. The quantitative estimate of drug-likeness (QED) is 0.864. The second-order valence-electron chi connectivity index (χ2n) is 5.61. The second kappa shape index (κ2) is 5.58. The average Bonchev–Trinajstić information content (AvgIpc) is 2.77. The Bertz CT molecular complexity index is 393. The van der Waals surface area contributed by atoms with Crippen molar-refractivity contribution in [3.05, 3.63) is 34.6 Å². The second-order valence-corrected chi connectivity index (χ2v) is 6.01. The van der Waals surface area contributed by atoms with Crippen LogP contribution in [0.25, 0.3) is 0 Å². The van der Waals surface area contributed by atoms with Gasteiger partial charge in [-0.1, -0.05) is 37.4 Å². The highest BCUT2D eigenvalue weighted by atomic mass is 35.5. The van der Waals surface area contributed by atoms with Gasteiger partial charge < -0.3 is 5.32 Å². The number of hydrogen-bond donors (Lipinski definition) is 1. The Morgan fingerprint density at radius 3 is 2.61 bits per heavy atom. The van der Waals surface area contributed by atoms with Gasteiger partial charge in [0.25, 0.3) is 0 Å². The topological polar surface area (TPSA) is 12.0 Å². The van der Waals surface area contributed by atoms with Crippen LogP contribution < -0.4 is 5.32 Å². The SMILES string of the molecule is CNC(Cc1c(F)cccc1Cl)C1(C)CCCC1. The van der Waals surface area contributed by atoms with Gasteiger partial charge in [-0.05, 0) is 43.9 Å². The zero-order chi connectivity index (χ0) is 13.2. The molecular formula is C15H21ClFN. The molecule has 1 fully saturated rings. The summed E-state index contributed by atoms with van der Waals surface area (Å²) in [6.45, 7) is 2.30. The molecule has 1 aliphatic carbocycles. The number of rotatable bonds is 4. The summed E-state index contributed by atoms with van der Waals surface area (Å²) in [6.07, 6.45) is 5.65. The summed E-state index contributed by atoms with van der Waals surface area (Å²) in [4.78, 5) is 0. The van der Waals surface area contributed by atoms with E-state index in [-0.39, 0.29) is 17.3 Å². The van der Waals surface area contributed by atoms with Crippen molar-refractivity contribution in [1.82, 2.24) is 5.32 Å². The Kier molecular flexibility index (Phi) is 4.29. The smallest absolute Gasteiger partial charge is 0.127 e. The Morgan fingerprint density at radius 1 is 1.39 bits per heavy atom. The zero-order valence-electron chi connectivity index (χ0n) is 11.1. The van der Waals surface area contributed by atoms with Gasteiger partial charge in [0, 0.05) is 16.6 Å². The molecule has 2 rings (SSSR count). The fourth-order valence-corrected chi connectivity index (χ4v) is 3.40. The number of nitrogens with one attached hydrogen (secondary N) is 1. The fraction of sp³-hybridized carbons (Fsp3) is 0.600. The van der Waals surface area contributed by atoms with Gasteiger partial charge in [0.2, 0.25) is 0 Å². The average molecular weight is 270 g/mol. The minimum atomic E-state index is -0.190. The van der Waals surface area contributed by atoms with Crippen molar-refractivity contribution < 1.29 is 4.39 Å². The predicted octanol–water partition coefficient (Wildman–Crippen LogP) is 4.19. The number of likely N-dealkylation sites (N-methyl/N-ethyl adjacent to an activating group) is 1. The fourth-order valence-electron chi connectivity index (χ4n) is 3.16. The van der Waals surface area contributed by atoms with Gasteiger partial charge >= 0.3 is 0 Å². The van der Waals surface area contributed by atoms with Gasteiger partial charge in [-0.2, -0.15) is 0 Å². The minimum absolute atomic E-state index is 0.190. The molecule has 0 spiro atoms. The molecule has 1 aliphatic rings. The summed E-state index contributed by atoms with van der Waals surface area (Å²) in [5.74, 6) is -0.190. The van der Waals surface area contributed by atoms with Crippen LogP contribution in [-0.4, -0.2) is 13.1 Å². The van der Waals surface area contributed by atoms with Gasteiger partial charge in [-0.3, -0.25) is 0 Å². The largest absolute Gasteiger partial charge is 0.316 e. The van der Waals surface area contributed by atoms with Crippen LogP contribution in [0.4, 0.5) is 4.39 Å². The highest BCUT2D eigenvalue weighted by Crippen LogP contribution is 2.42. The number of benzene rings is 1. The molecule has 0 amide bonds. The lowest BCUT2D eigenvalue weighted by Gasteiger charge is -2.34. The van der Waals surface area contributed by atoms with Gasteiger partial charge in [-0.15, -0.1) is 0 Å². The van der Waals surface area contributed by atoms with Crippen molar-refractivity contribution >= 4 is 11.6 Å². The van der Waals surface area contributed by atoms with Crippen molar-refractivity contribution in [1.29, 1.82) is 0 Å². The van der Waals surface area contributed by atoms with Crippen molar-refractivity contribution in [2.24, 2.45) is 5.41 Å². The summed E-state index contributed by atoms with van der Waals surface area (Å²) >= 11 is 6.11. The van der Waals surface area contributed by atoms with E-state index >= 15 is 0 Å². The Hall–Kier alpha value is -0.600. The van der Waals surface area contributed by atoms with Crippen LogP contribution in [0.2, 0.25) is 5.02 Å². The molecule has 0 heterocycles. The lowest BCUT2D eigenvalue weighted by molar-refractivity contribution is 0.228. The first-order valence-corrected chi connectivity index (χ1v) is 7.05. The molecule has 1 nitrogen and oxygen atoms in total. The van der Waals surface area contributed by atoms with E-state index < -0.39 is 0 Å². The maximum atomic E-state index is 13.8. The molecule has 100 valence electrons. The van der Waals surface area contributed by atoms with Crippen LogP contribution in [-0.2, 0) is 6.42 Å². The van der Waals surface area contributed by atoms with E-state index in [1.807, 2.05) is 7.05 Å². The monoisotopic (exact) mass is 269 g/mol. The Labute approximate surface area is 114 Å². The first kappa shape index (κ1) is 13.8. The maximum absolute atomic E-state index is 13.8. The van der Waals surface area contributed by atoms with Gasteiger partial charge in [0.15, 0.2) is 0 Å². The highest BCUT2D eigenvalue weighted by molar-refractivity contribution is 6.31. The maximum Gasteiger partial charge on any atom is 0.127 e. The molecule has 0 aromatic heterocycles. The third kappa shape index (κ3) is 2.70. The summed E-state index contributed by atoms with van der Waals surface area (Å²) in [7, 11) is 1.96. The van der Waals surface area contributed by atoms with Crippen LogP contribution in [0.1, 0.15) is 38.2 Å². The molecule has 1 aromatic rings. The van der Waals surface area contributed by atoms with Crippen molar-refractivity contribution in [3.8, 4) is 0 Å². The first-order chi connectivity index (χ1) is 8.57. The van der Waals surface area contributed by atoms with Crippen LogP contribution in [0.15, 0.2) is 18.2 Å². The lowest BCUT2D eigenvalue weighted by atomic mass is 9.78. The molecule has 3 heteroatoms. The van der Waals surface area contributed by atoms with Gasteiger partial charge in [-0.25, -0.2) is 4.39 Å². The predicted molar refractivity (Wildman–Crippen MR) is 74.5 cm³/mol. The minimum Gasteiger partial charge on any atom is -0.316 e. The summed E-state index contributed by atoms with van der Waals surface area (Å²) in [5, 5.41) is 3.90. The Balaban J connectivity index is 2.20. The summed E-state index contributed by atoms with van der Waals surface area (Å²) in [5.41, 5.74) is 0.909. The third-order valence-electron chi connectivity index (χ3n) is 4.41. The molecule has 0 radical (unpaired) electrons. The number of hydrogen-bond acceptors (Lipinski definition) is 1. The Morgan fingerprint density at radius 2 is 2.06 bits per heavy atom. The van der Waals surface area contributed by atoms with Crippen LogP contribution in [0.3, 0.4) is 0 Å². The lowest BCUT2D eigenvalue weighted by Crippen LogP contribution is -2.42. The molecule has 0 aliphatic heterocycles. The molecule has 1 saturated carbocycles. The molecule has 0 saturated heterocycles. The summed E-state index contributed by atoms with van der Waals surface area (Å²) in [6, 6.07) is 5.20. The van der Waals surface area contributed by atoms with E-state index in [9.17, 15) is 4.39 Å². The number of halogens is 2. The van der Waals surface area contributed by atoms with Crippen molar-refractivity contribution in [2.45, 2.75) is 45.1 Å². The molecule has 1 unspecified atom stereocenters. The van der Waals surface area contributed by atoms with Gasteiger partial charge in [0.1, 0.15) is 5.82 Å². The molecule has 1 aromatic carbocycles. The molecule has 18 heavy (non-hydrogen) atoms. The van der Waals surface area contributed by atoms with Gasteiger partial charge in [0.05, 0.1) is 0 Å². The zero-order valence-corrected chi connectivity index (χ0v) is 11.9. The standard InChI is InChI=1S/C15H21ClFN/c1-15(8-3-4-9-15)14(18-2)10-11-12(16)6-5-7-13(11)17/h5-7,14,18H,3-4,8-10H2,1-2H3. The van der Waals surface area contributed by atoms with Crippen molar-refractivity contribution in [3.63, 3.8) is 0 Å². The highest BCUT2D eigenvalue weighted by Gasteiger charge is 2.36. The first-order valence-electron chi connectivity index (χ1n) is 6.67. The molecule has 0 bridgehead atoms. The van der Waals surface area contributed by atoms with E-state index in [0.29, 0.717) is 17.0 Å². The van der Waals surface area contributed by atoms with E-state index in [1.165, 1.54) is 31.7 Å². The van der Waals surface area contributed by atoms with Crippen molar-refractivity contribution in [2.75, 3.05) is 7.05 Å². The van der Waals surface area contributed by atoms with Crippen LogP contribution in [0, 0.1) is 11.2 Å². The summed E-state index contributed by atoms with van der Waals surface area (Å²) < 4.78 is 13.8. The van der Waals surface area contributed by atoms with Crippen LogP contribution in [0.5, 0.6) is 0 Å². The molecule has 1 atom stereocenters. The van der Waals surface area contributed by atoms with E-state index in [4.69, 9.17) is 11.6 Å². The normalized spacial score (nSPS) is 20.0. The van der Waals surface area contributed by atoms with E-state index in [0.717, 1.165) is 0 Å². The van der Waals surface area contributed by atoms with E-state index in [1.54, 1.807) is 12.1 Å². The third-order valence-corrected chi connectivity index (χ3v) is 4.76. The van der Waals surface area contributed by atoms with Crippen LogP contribution >= 0.6 is 11.6 Å². The molecule has 1 N–H and O–H groups in total.